The van der Waals surface area contributed by atoms with Crippen molar-refractivity contribution in [2.75, 3.05) is 30.4 Å². The second kappa shape index (κ2) is 8.52. The third-order valence-electron chi connectivity index (χ3n) is 5.17. The number of aromatic nitrogens is 2. The third-order valence-corrected chi connectivity index (χ3v) is 5.17. The summed E-state index contributed by atoms with van der Waals surface area (Å²) in [4.78, 5) is 14.9. The van der Waals surface area contributed by atoms with Crippen molar-refractivity contribution in [1.29, 1.82) is 0 Å². The predicted octanol–water partition coefficient (Wildman–Crippen LogP) is 4.89. The number of hydrogen-bond acceptors (Lipinski definition) is 4. The Labute approximate surface area is 181 Å². The number of alkyl halides is 3. The average molecular weight is 448 g/mol. The third kappa shape index (κ3) is 4.53. The van der Waals surface area contributed by atoms with E-state index in [1.54, 1.807) is 6.07 Å². The molecular formula is C22H20F4N4O2. The van der Waals surface area contributed by atoms with Crippen LogP contribution in [0.2, 0.25) is 0 Å². The van der Waals surface area contributed by atoms with Crippen LogP contribution in [0.5, 0.6) is 5.75 Å². The van der Waals surface area contributed by atoms with Crippen molar-refractivity contribution in [2.24, 2.45) is 0 Å². The quantitative estimate of drug-likeness (QED) is 0.565. The Bertz CT molecular complexity index is 1140. The van der Waals surface area contributed by atoms with Crippen LogP contribution in [0.3, 0.4) is 0 Å². The molecule has 4 rings (SSSR count). The van der Waals surface area contributed by atoms with Gasteiger partial charge in [-0.1, -0.05) is 6.07 Å². The summed E-state index contributed by atoms with van der Waals surface area (Å²) in [5.41, 5.74) is 0.0349. The maximum atomic E-state index is 14.1. The van der Waals surface area contributed by atoms with E-state index in [2.05, 4.69) is 10.4 Å². The Morgan fingerprint density at radius 2 is 1.84 bits per heavy atom. The Morgan fingerprint density at radius 3 is 2.53 bits per heavy atom. The number of methoxy groups -OCH3 is 1. The number of nitrogens with one attached hydrogen (secondary N) is 1. The molecule has 0 bridgehead atoms. The molecule has 2 aromatic carbocycles. The van der Waals surface area contributed by atoms with Crippen LogP contribution in [-0.4, -0.2) is 35.9 Å². The van der Waals surface area contributed by atoms with Gasteiger partial charge in [-0.05, 0) is 49.2 Å². The van der Waals surface area contributed by atoms with Crippen LogP contribution < -0.4 is 15.0 Å². The van der Waals surface area contributed by atoms with Crippen molar-refractivity contribution in [1.82, 2.24) is 9.78 Å². The molecule has 32 heavy (non-hydrogen) atoms. The average Bonchev–Trinajstić information content (AvgIpc) is 3.43. The zero-order valence-electron chi connectivity index (χ0n) is 17.1. The molecule has 1 aliphatic heterocycles. The Kier molecular flexibility index (Phi) is 5.77. The second-order valence-electron chi connectivity index (χ2n) is 7.39. The first-order chi connectivity index (χ1) is 15.2. The summed E-state index contributed by atoms with van der Waals surface area (Å²) in [6, 6.07) is 8.81. The van der Waals surface area contributed by atoms with E-state index in [-0.39, 0.29) is 22.8 Å². The summed E-state index contributed by atoms with van der Waals surface area (Å²) >= 11 is 0. The summed E-state index contributed by atoms with van der Waals surface area (Å²) < 4.78 is 59.5. The van der Waals surface area contributed by atoms with Gasteiger partial charge in [0.25, 0.3) is 5.91 Å². The normalized spacial score (nSPS) is 14.0. The topological polar surface area (TPSA) is 59.4 Å². The van der Waals surface area contributed by atoms with E-state index in [1.165, 1.54) is 37.6 Å². The minimum Gasteiger partial charge on any atom is -0.493 e. The Morgan fingerprint density at radius 1 is 1.09 bits per heavy atom. The molecule has 1 saturated heterocycles. The van der Waals surface area contributed by atoms with Crippen LogP contribution in [-0.2, 0) is 6.18 Å². The van der Waals surface area contributed by atoms with E-state index in [0.717, 1.165) is 42.7 Å². The highest BCUT2D eigenvalue weighted by molar-refractivity contribution is 6.05. The maximum Gasteiger partial charge on any atom is 0.416 e. The molecule has 1 aliphatic rings. The van der Waals surface area contributed by atoms with Gasteiger partial charge in [-0.2, -0.15) is 18.3 Å². The van der Waals surface area contributed by atoms with Gasteiger partial charge in [0.1, 0.15) is 5.82 Å². The number of hydrogen-bond donors (Lipinski definition) is 1. The fourth-order valence-corrected chi connectivity index (χ4v) is 3.62. The number of rotatable bonds is 5. The molecule has 1 N–H and O–H groups in total. The molecule has 1 fully saturated rings. The predicted molar refractivity (Wildman–Crippen MR) is 111 cm³/mol. The largest absolute Gasteiger partial charge is 0.493 e. The molecule has 0 radical (unpaired) electrons. The van der Waals surface area contributed by atoms with Gasteiger partial charge in [0, 0.05) is 24.5 Å². The number of amides is 1. The molecule has 10 heteroatoms. The molecular weight excluding hydrogens is 428 g/mol. The number of nitrogens with zero attached hydrogens (tertiary/aromatic N) is 3. The molecule has 6 nitrogen and oxygen atoms in total. The Balaban J connectivity index is 1.61. The van der Waals surface area contributed by atoms with E-state index < -0.39 is 23.5 Å². The van der Waals surface area contributed by atoms with Gasteiger partial charge < -0.3 is 15.0 Å². The molecule has 0 saturated carbocycles. The van der Waals surface area contributed by atoms with E-state index in [0.29, 0.717) is 5.69 Å². The van der Waals surface area contributed by atoms with Crippen LogP contribution in [0.15, 0.2) is 48.7 Å². The summed E-state index contributed by atoms with van der Waals surface area (Å²) in [7, 11) is 1.32. The van der Waals surface area contributed by atoms with Crippen molar-refractivity contribution < 1.29 is 27.1 Å². The lowest BCUT2D eigenvalue weighted by atomic mass is 10.2. The smallest absolute Gasteiger partial charge is 0.416 e. The number of anilines is 2. The minimum atomic E-state index is -4.52. The zero-order valence-corrected chi connectivity index (χ0v) is 17.1. The molecule has 168 valence electrons. The summed E-state index contributed by atoms with van der Waals surface area (Å²) in [5, 5.41) is 6.70. The van der Waals surface area contributed by atoms with Crippen LogP contribution in [0, 0.1) is 5.82 Å². The lowest BCUT2D eigenvalue weighted by molar-refractivity contribution is -0.137. The number of benzene rings is 2. The summed E-state index contributed by atoms with van der Waals surface area (Å²) in [5.74, 6) is -1.10. The number of carbonyl (C=O) groups excluding carboxylic acids is 1. The Hall–Kier alpha value is -3.56. The van der Waals surface area contributed by atoms with Crippen molar-refractivity contribution >= 4 is 17.3 Å². The fourth-order valence-electron chi connectivity index (χ4n) is 3.62. The standard InChI is InChI=1S/C22H20F4N4O2/c1-32-19-13-30(17-6-4-5-14(9-17)22(24,25)26)28-20(19)21(31)27-16-10-15(23)11-18(12-16)29-7-2-3-8-29/h4-6,9-13H,2-3,7-8H2,1H3,(H,27,31). The van der Waals surface area contributed by atoms with Crippen LogP contribution in [0.25, 0.3) is 5.69 Å². The molecule has 0 aliphatic carbocycles. The van der Waals surface area contributed by atoms with Crippen LogP contribution >= 0.6 is 0 Å². The fraction of sp³-hybridized carbons (Fsp3) is 0.273. The molecule has 0 unspecified atom stereocenters. The summed E-state index contributed by atoms with van der Waals surface area (Å²) in [6.45, 7) is 1.62. The highest BCUT2D eigenvalue weighted by Crippen LogP contribution is 2.31. The van der Waals surface area contributed by atoms with Crippen LogP contribution in [0.1, 0.15) is 28.9 Å². The van der Waals surface area contributed by atoms with E-state index in [1.807, 2.05) is 4.90 Å². The molecule has 3 aromatic rings. The van der Waals surface area contributed by atoms with Gasteiger partial charge in [-0.3, -0.25) is 4.79 Å². The van der Waals surface area contributed by atoms with E-state index in [4.69, 9.17) is 4.74 Å². The number of carbonyl (C=O) groups is 1. The molecule has 1 aromatic heterocycles. The van der Waals surface area contributed by atoms with Crippen molar-refractivity contribution in [3.05, 3.63) is 65.7 Å². The maximum absolute atomic E-state index is 14.1. The lowest BCUT2D eigenvalue weighted by Gasteiger charge is -2.18. The van der Waals surface area contributed by atoms with Crippen LogP contribution in [0.4, 0.5) is 28.9 Å². The molecule has 1 amide bonds. The molecule has 0 spiro atoms. The zero-order chi connectivity index (χ0) is 22.9. The number of ether oxygens (including phenoxy) is 1. The van der Waals surface area contributed by atoms with Gasteiger partial charge in [0.2, 0.25) is 0 Å². The highest BCUT2D eigenvalue weighted by Gasteiger charge is 2.31. The lowest BCUT2D eigenvalue weighted by Crippen LogP contribution is -2.19. The van der Waals surface area contributed by atoms with Crippen molar-refractivity contribution in [2.45, 2.75) is 19.0 Å². The number of halogens is 4. The summed E-state index contributed by atoms with van der Waals surface area (Å²) in [6.07, 6.45) is -1.17. The van der Waals surface area contributed by atoms with Gasteiger partial charge >= 0.3 is 6.18 Å². The highest BCUT2D eigenvalue weighted by atomic mass is 19.4. The van der Waals surface area contributed by atoms with E-state index in [9.17, 15) is 22.4 Å². The van der Waals surface area contributed by atoms with Gasteiger partial charge in [-0.15, -0.1) is 0 Å². The second-order valence-corrected chi connectivity index (χ2v) is 7.39. The van der Waals surface area contributed by atoms with Gasteiger partial charge in [0.15, 0.2) is 11.4 Å². The van der Waals surface area contributed by atoms with Crippen molar-refractivity contribution in [3.8, 4) is 11.4 Å². The minimum absolute atomic E-state index is 0.0658. The van der Waals surface area contributed by atoms with Gasteiger partial charge in [-0.25, -0.2) is 9.07 Å². The molecule has 0 atom stereocenters. The first-order valence-corrected chi connectivity index (χ1v) is 9.93. The first kappa shape index (κ1) is 21.7. The first-order valence-electron chi connectivity index (χ1n) is 9.93. The van der Waals surface area contributed by atoms with Crippen molar-refractivity contribution in [3.63, 3.8) is 0 Å². The monoisotopic (exact) mass is 448 g/mol. The van der Waals surface area contributed by atoms with Gasteiger partial charge in [0.05, 0.1) is 24.6 Å². The van der Waals surface area contributed by atoms with E-state index >= 15 is 0 Å². The SMILES string of the molecule is COc1cn(-c2cccc(C(F)(F)F)c2)nc1C(=O)Nc1cc(F)cc(N2CCCC2)c1. The molecule has 2 heterocycles.